The highest BCUT2D eigenvalue weighted by atomic mass is 19.1. The number of hydrogen-bond donors (Lipinski definition) is 2. The molecule has 1 atom stereocenters. The van der Waals surface area contributed by atoms with Crippen LogP contribution in [-0.2, 0) is 9.53 Å². The van der Waals surface area contributed by atoms with Gasteiger partial charge in [0.25, 0.3) is 0 Å². The average molecular weight is 482 g/mol. The summed E-state index contributed by atoms with van der Waals surface area (Å²) in [4.78, 5) is 26.6. The van der Waals surface area contributed by atoms with Crippen molar-refractivity contribution in [2.45, 2.75) is 31.4 Å². The van der Waals surface area contributed by atoms with Gasteiger partial charge in [-0.3, -0.25) is 9.69 Å². The summed E-state index contributed by atoms with van der Waals surface area (Å²) in [6.45, 7) is 2.81. The number of halogens is 1. The molecule has 0 aromatic heterocycles. The maximum Gasteiger partial charge on any atom is 0.414 e. The minimum atomic E-state index is -0.746. The zero-order valence-corrected chi connectivity index (χ0v) is 19.7. The summed E-state index contributed by atoms with van der Waals surface area (Å²) in [5.41, 5.74) is 0.896. The Labute approximate surface area is 203 Å². The number of amides is 2. The normalized spacial score (nSPS) is 19.0. The Morgan fingerprint density at radius 3 is 2.57 bits per heavy atom. The van der Waals surface area contributed by atoms with Crippen LogP contribution in [0.5, 0.6) is 5.75 Å². The van der Waals surface area contributed by atoms with E-state index in [1.807, 2.05) is 29.2 Å². The number of nitrogens with zero attached hydrogens (tertiary/aromatic N) is 3. The Kier molecular flexibility index (Phi) is 6.96. The minimum Gasteiger partial charge on any atom is -0.497 e. The van der Waals surface area contributed by atoms with Crippen LogP contribution in [0.4, 0.5) is 26.2 Å². The van der Waals surface area contributed by atoms with Gasteiger partial charge in [-0.15, -0.1) is 0 Å². The molecule has 0 aliphatic carbocycles. The zero-order chi connectivity index (χ0) is 25.0. The lowest BCUT2D eigenvalue weighted by molar-refractivity contribution is -0.119. The predicted molar refractivity (Wildman–Crippen MR) is 129 cm³/mol. The van der Waals surface area contributed by atoms with Crippen LogP contribution in [0, 0.1) is 17.1 Å². The molecule has 1 unspecified atom stereocenters. The molecule has 2 aliphatic rings. The lowest BCUT2D eigenvalue weighted by Gasteiger charge is -2.39. The molecule has 2 N–H and O–H groups in total. The molecule has 10 heteroatoms. The van der Waals surface area contributed by atoms with Crippen LogP contribution < -0.4 is 25.2 Å². The van der Waals surface area contributed by atoms with E-state index in [0.29, 0.717) is 37.3 Å². The van der Waals surface area contributed by atoms with Crippen molar-refractivity contribution in [3.8, 4) is 11.8 Å². The Morgan fingerprint density at radius 1 is 1.26 bits per heavy atom. The Hall–Kier alpha value is -4.00. The number of hydrogen-bond acceptors (Lipinski definition) is 7. The SMILES string of the molecule is COc1ccc(NC2(C#N)CCN(c3ccc(N4CC(CNC(C)=O)OC4=O)cc3F)CC2)cc1. The predicted octanol–water partition coefficient (Wildman–Crippen LogP) is 3.27. The number of ether oxygens (including phenoxy) is 2. The van der Waals surface area contributed by atoms with E-state index in [1.54, 1.807) is 19.2 Å². The second-order valence-corrected chi connectivity index (χ2v) is 8.72. The number of methoxy groups -OCH3 is 1. The summed E-state index contributed by atoms with van der Waals surface area (Å²) in [5, 5.41) is 15.8. The number of nitrogens with one attached hydrogen (secondary N) is 2. The quantitative estimate of drug-likeness (QED) is 0.625. The number of benzene rings is 2. The maximum atomic E-state index is 15.1. The van der Waals surface area contributed by atoms with Gasteiger partial charge in [0.15, 0.2) is 0 Å². The molecular formula is C25H28FN5O4. The van der Waals surface area contributed by atoms with Gasteiger partial charge in [0, 0.05) is 38.5 Å². The molecule has 0 radical (unpaired) electrons. The number of cyclic esters (lactones) is 1. The zero-order valence-electron chi connectivity index (χ0n) is 19.7. The Bertz CT molecular complexity index is 1130. The smallest absolute Gasteiger partial charge is 0.414 e. The van der Waals surface area contributed by atoms with Gasteiger partial charge in [-0.25, -0.2) is 9.18 Å². The Balaban J connectivity index is 1.39. The van der Waals surface area contributed by atoms with Crippen LogP contribution in [0.2, 0.25) is 0 Å². The number of piperidine rings is 1. The van der Waals surface area contributed by atoms with Gasteiger partial charge in [0.1, 0.15) is 23.2 Å². The van der Waals surface area contributed by atoms with Gasteiger partial charge in [-0.2, -0.15) is 5.26 Å². The fourth-order valence-corrected chi connectivity index (χ4v) is 4.36. The highest BCUT2D eigenvalue weighted by Crippen LogP contribution is 2.33. The summed E-state index contributed by atoms with van der Waals surface area (Å²) in [6, 6.07) is 14.5. The van der Waals surface area contributed by atoms with Crippen LogP contribution in [0.15, 0.2) is 42.5 Å². The van der Waals surface area contributed by atoms with Crippen molar-refractivity contribution in [2.24, 2.45) is 0 Å². The summed E-state index contributed by atoms with van der Waals surface area (Å²) in [5.74, 6) is 0.0740. The van der Waals surface area contributed by atoms with Crippen molar-refractivity contribution in [1.29, 1.82) is 5.26 Å². The van der Waals surface area contributed by atoms with E-state index >= 15 is 4.39 Å². The van der Waals surface area contributed by atoms with Crippen LogP contribution in [-0.4, -0.2) is 56.9 Å². The first-order valence-corrected chi connectivity index (χ1v) is 11.4. The van der Waals surface area contributed by atoms with E-state index in [0.717, 1.165) is 11.4 Å². The molecule has 184 valence electrons. The molecule has 2 fully saturated rings. The van der Waals surface area contributed by atoms with Crippen molar-refractivity contribution >= 4 is 29.1 Å². The molecule has 2 saturated heterocycles. The van der Waals surface area contributed by atoms with Gasteiger partial charge >= 0.3 is 6.09 Å². The summed E-state index contributed by atoms with van der Waals surface area (Å²) < 4.78 is 25.5. The average Bonchev–Trinajstić information content (AvgIpc) is 3.24. The molecular weight excluding hydrogens is 453 g/mol. The van der Waals surface area contributed by atoms with Gasteiger partial charge < -0.3 is 25.0 Å². The van der Waals surface area contributed by atoms with Crippen LogP contribution in [0.25, 0.3) is 0 Å². The van der Waals surface area contributed by atoms with Gasteiger partial charge in [0.05, 0.1) is 37.6 Å². The molecule has 35 heavy (non-hydrogen) atoms. The van der Waals surface area contributed by atoms with E-state index in [-0.39, 0.29) is 19.0 Å². The monoisotopic (exact) mass is 481 g/mol. The standard InChI is InChI=1S/C25H28FN5O4/c1-17(32)28-14-21-15-31(24(33)35-21)19-5-8-23(22(26)13-19)30-11-9-25(16-27,10-12-30)29-18-3-6-20(34-2)7-4-18/h3-8,13,21,29H,9-12,14-15H2,1-2H3,(H,28,32). The topological polar surface area (TPSA) is 107 Å². The van der Waals surface area contributed by atoms with E-state index in [4.69, 9.17) is 9.47 Å². The second kappa shape index (κ2) is 10.1. The van der Waals surface area contributed by atoms with Crippen molar-refractivity contribution in [2.75, 3.05) is 48.4 Å². The molecule has 2 aromatic rings. The first-order valence-electron chi connectivity index (χ1n) is 11.4. The van der Waals surface area contributed by atoms with Gasteiger partial charge in [-0.1, -0.05) is 0 Å². The van der Waals surface area contributed by atoms with Crippen LogP contribution >= 0.6 is 0 Å². The van der Waals surface area contributed by atoms with E-state index in [9.17, 15) is 14.9 Å². The summed E-state index contributed by atoms with van der Waals surface area (Å²) >= 11 is 0. The van der Waals surface area contributed by atoms with E-state index in [2.05, 4.69) is 16.7 Å². The van der Waals surface area contributed by atoms with Crippen LogP contribution in [0.3, 0.4) is 0 Å². The number of carbonyl (C=O) groups excluding carboxylic acids is 2. The fraction of sp³-hybridized carbons (Fsp3) is 0.400. The van der Waals surface area contributed by atoms with E-state index < -0.39 is 23.6 Å². The summed E-state index contributed by atoms with van der Waals surface area (Å²) in [7, 11) is 1.60. The second-order valence-electron chi connectivity index (χ2n) is 8.72. The minimum absolute atomic E-state index is 0.205. The van der Waals surface area contributed by atoms with Gasteiger partial charge in [0.2, 0.25) is 5.91 Å². The van der Waals surface area contributed by atoms with Crippen molar-refractivity contribution in [1.82, 2.24) is 5.32 Å². The molecule has 2 aromatic carbocycles. The van der Waals surface area contributed by atoms with Crippen molar-refractivity contribution in [3.63, 3.8) is 0 Å². The molecule has 9 nitrogen and oxygen atoms in total. The molecule has 0 spiro atoms. The number of anilines is 3. The lowest BCUT2D eigenvalue weighted by atomic mass is 9.88. The third-order valence-electron chi connectivity index (χ3n) is 6.34. The van der Waals surface area contributed by atoms with Crippen molar-refractivity contribution in [3.05, 3.63) is 48.3 Å². The third kappa shape index (κ3) is 5.40. The highest BCUT2D eigenvalue weighted by Gasteiger charge is 2.36. The maximum absolute atomic E-state index is 15.1. The molecule has 2 aliphatic heterocycles. The number of carbonyl (C=O) groups is 2. The first kappa shape index (κ1) is 24.1. The first-order chi connectivity index (χ1) is 16.8. The molecule has 0 saturated carbocycles. The number of nitriles is 1. The fourth-order valence-electron chi connectivity index (χ4n) is 4.36. The molecule has 0 bridgehead atoms. The van der Waals surface area contributed by atoms with Crippen molar-refractivity contribution < 1.29 is 23.5 Å². The highest BCUT2D eigenvalue weighted by molar-refractivity contribution is 5.90. The van der Waals surface area contributed by atoms with Crippen LogP contribution in [0.1, 0.15) is 19.8 Å². The van der Waals surface area contributed by atoms with E-state index in [1.165, 1.54) is 17.9 Å². The largest absolute Gasteiger partial charge is 0.497 e. The van der Waals surface area contributed by atoms with Gasteiger partial charge in [-0.05, 0) is 42.5 Å². The third-order valence-corrected chi connectivity index (χ3v) is 6.34. The Morgan fingerprint density at radius 2 is 1.97 bits per heavy atom. The lowest BCUT2D eigenvalue weighted by Crippen LogP contribution is -2.48. The molecule has 4 rings (SSSR count). The summed E-state index contributed by atoms with van der Waals surface area (Å²) in [6.07, 6.45) is -0.0394. The molecule has 2 heterocycles. The number of rotatable bonds is 7. The molecule has 2 amide bonds.